The van der Waals surface area contributed by atoms with E-state index in [1.54, 1.807) is 11.3 Å². The summed E-state index contributed by atoms with van der Waals surface area (Å²) in [5.41, 5.74) is 16.6. The third-order valence-corrected chi connectivity index (χ3v) is 6.04. The topological polar surface area (TPSA) is 64.9 Å². The fourth-order valence-electron chi connectivity index (χ4n) is 3.76. The monoisotopic (exact) mass is 335 g/mol. The average Bonchev–Trinajstić information content (AvgIpc) is 2.95. The molecule has 1 heterocycles. The van der Waals surface area contributed by atoms with Crippen LogP contribution in [0.15, 0.2) is 54.6 Å². The maximum atomic E-state index is 6.02. The largest absolute Gasteiger partial charge is 0.399 e. The molecule has 0 atom stereocenters. The van der Waals surface area contributed by atoms with E-state index in [0.717, 1.165) is 29.8 Å². The lowest BCUT2D eigenvalue weighted by Crippen LogP contribution is -2.37. The summed E-state index contributed by atoms with van der Waals surface area (Å²) in [6.07, 6.45) is 2.23. The van der Waals surface area contributed by atoms with Crippen LogP contribution in [0.1, 0.15) is 36.9 Å². The molecule has 0 saturated heterocycles. The van der Waals surface area contributed by atoms with E-state index in [2.05, 4.69) is 54.4 Å². The van der Waals surface area contributed by atoms with Crippen molar-refractivity contribution in [3.05, 3.63) is 65.9 Å². The van der Waals surface area contributed by atoms with Crippen LogP contribution in [0.5, 0.6) is 0 Å². The van der Waals surface area contributed by atoms with Crippen LogP contribution in [-0.2, 0) is 5.41 Å². The zero-order valence-electron chi connectivity index (χ0n) is 13.7. The van der Waals surface area contributed by atoms with E-state index in [9.17, 15) is 0 Å². The number of hydrogen-bond donors (Lipinski definition) is 2. The first-order chi connectivity index (χ1) is 11.5. The highest BCUT2D eigenvalue weighted by molar-refractivity contribution is 7.18. The van der Waals surface area contributed by atoms with Crippen molar-refractivity contribution in [2.45, 2.75) is 31.1 Å². The van der Waals surface area contributed by atoms with Crippen molar-refractivity contribution in [3.63, 3.8) is 0 Å². The summed E-state index contributed by atoms with van der Waals surface area (Å²) in [6, 6.07) is 18.8. The predicted molar refractivity (Wildman–Crippen MR) is 102 cm³/mol. The summed E-state index contributed by atoms with van der Waals surface area (Å²) >= 11 is 1.57. The third-order valence-electron chi connectivity index (χ3n) is 5.09. The molecule has 4 rings (SSSR count). The number of hydrogen-bond acceptors (Lipinski definition) is 4. The second-order valence-corrected chi connectivity index (χ2v) is 7.95. The molecule has 4 N–H and O–H groups in total. The van der Waals surface area contributed by atoms with E-state index in [0.29, 0.717) is 11.0 Å². The van der Waals surface area contributed by atoms with Gasteiger partial charge in [0.1, 0.15) is 0 Å². The lowest BCUT2D eigenvalue weighted by molar-refractivity contribution is 0.222. The van der Waals surface area contributed by atoms with Crippen LogP contribution in [0.4, 0.5) is 10.8 Å². The molecule has 0 spiro atoms. The van der Waals surface area contributed by atoms with Gasteiger partial charge in [-0.2, -0.15) is 0 Å². The predicted octanol–water partition coefficient (Wildman–Crippen LogP) is 4.81. The van der Waals surface area contributed by atoms with Crippen LogP contribution < -0.4 is 11.5 Å². The molecule has 1 aliphatic rings. The van der Waals surface area contributed by atoms with Gasteiger partial charge in [-0.05, 0) is 41.5 Å². The van der Waals surface area contributed by atoms with Crippen LogP contribution in [0, 0.1) is 0 Å². The highest BCUT2D eigenvalue weighted by Gasteiger charge is 2.44. The first-order valence-electron chi connectivity index (χ1n) is 8.23. The first-order valence-corrected chi connectivity index (χ1v) is 9.04. The van der Waals surface area contributed by atoms with E-state index in [1.807, 2.05) is 12.1 Å². The van der Waals surface area contributed by atoms with Crippen molar-refractivity contribution < 1.29 is 0 Å². The van der Waals surface area contributed by atoms with Gasteiger partial charge in [0.25, 0.3) is 0 Å². The Kier molecular flexibility index (Phi) is 3.57. The normalized spacial score (nSPS) is 23.0. The van der Waals surface area contributed by atoms with Crippen molar-refractivity contribution >= 4 is 22.2 Å². The second-order valence-electron chi connectivity index (χ2n) is 6.92. The van der Waals surface area contributed by atoms with E-state index >= 15 is 0 Å². The molecule has 1 aliphatic carbocycles. The molecule has 1 saturated carbocycles. The Morgan fingerprint density at radius 3 is 2.33 bits per heavy atom. The van der Waals surface area contributed by atoms with E-state index in [-0.39, 0.29) is 5.41 Å². The van der Waals surface area contributed by atoms with Crippen molar-refractivity contribution in [3.8, 4) is 10.4 Å². The minimum absolute atomic E-state index is 0.239. The minimum atomic E-state index is 0.239. The average molecular weight is 335 g/mol. The van der Waals surface area contributed by atoms with Crippen LogP contribution in [-0.4, -0.2) is 4.98 Å². The van der Waals surface area contributed by atoms with Gasteiger partial charge in [-0.25, -0.2) is 4.98 Å². The van der Waals surface area contributed by atoms with Gasteiger partial charge in [0.05, 0.1) is 10.6 Å². The molecule has 24 heavy (non-hydrogen) atoms. The molecule has 4 heteroatoms. The van der Waals surface area contributed by atoms with Crippen molar-refractivity contribution in [1.82, 2.24) is 4.98 Å². The van der Waals surface area contributed by atoms with E-state index in [4.69, 9.17) is 11.5 Å². The summed E-state index contributed by atoms with van der Waals surface area (Å²) in [5.74, 6) is 0.469. The zero-order chi connectivity index (χ0) is 16.7. The Hall–Kier alpha value is -2.33. The molecular formula is C20H21N3S. The van der Waals surface area contributed by atoms with Gasteiger partial charge >= 0.3 is 0 Å². The maximum Gasteiger partial charge on any atom is 0.180 e. The lowest BCUT2D eigenvalue weighted by Gasteiger charge is -2.45. The van der Waals surface area contributed by atoms with Gasteiger partial charge < -0.3 is 11.5 Å². The molecular weight excluding hydrogens is 314 g/mol. The van der Waals surface area contributed by atoms with Crippen LogP contribution >= 0.6 is 11.3 Å². The highest BCUT2D eigenvalue weighted by Crippen LogP contribution is 2.54. The Labute approximate surface area is 146 Å². The standard InChI is InChI=1S/C20H21N3S/c1-20(15-5-3-2-4-6-15)11-14(12-20)17-18(24-19(22)23-17)13-7-9-16(21)10-8-13/h2-10,14H,11-12,21H2,1H3,(H2,22,23). The molecule has 122 valence electrons. The fourth-order valence-corrected chi connectivity index (χ4v) is 4.69. The van der Waals surface area contributed by atoms with Crippen molar-refractivity contribution in [1.29, 1.82) is 0 Å². The second kappa shape index (κ2) is 5.64. The quantitative estimate of drug-likeness (QED) is 0.675. The molecule has 0 amide bonds. The molecule has 0 bridgehead atoms. The number of nitrogens with zero attached hydrogens (tertiary/aromatic N) is 1. The lowest BCUT2D eigenvalue weighted by atomic mass is 9.59. The fraction of sp³-hybridized carbons (Fsp3) is 0.250. The minimum Gasteiger partial charge on any atom is -0.399 e. The number of aromatic nitrogens is 1. The molecule has 3 aromatic rings. The van der Waals surface area contributed by atoms with Gasteiger partial charge in [0.15, 0.2) is 5.13 Å². The molecule has 3 nitrogen and oxygen atoms in total. The van der Waals surface area contributed by atoms with Gasteiger partial charge in [-0.15, -0.1) is 0 Å². The SMILES string of the molecule is CC1(c2ccccc2)CC(c2nc(N)sc2-c2ccc(N)cc2)C1. The number of anilines is 2. The summed E-state index contributed by atoms with van der Waals surface area (Å²) in [6.45, 7) is 2.34. The third kappa shape index (κ3) is 2.57. The molecule has 0 radical (unpaired) electrons. The summed E-state index contributed by atoms with van der Waals surface area (Å²) < 4.78 is 0. The highest BCUT2D eigenvalue weighted by atomic mass is 32.1. The molecule has 0 unspecified atom stereocenters. The van der Waals surface area contributed by atoms with Crippen LogP contribution in [0.3, 0.4) is 0 Å². The number of rotatable bonds is 3. The maximum absolute atomic E-state index is 6.02. The molecule has 1 fully saturated rings. The summed E-state index contributed by atoms with van der Waals surface area (Å²) in [5, 5.41) is 0.644. The Balaban J connectivity index is 1.62. The Morgan fingerprint density at radius 1 is 1.00 bits per heavy atom. The smallest absolute Gasteiger partial charge is 0.180 e. The number of benzene rings is 2. The van der Waals surface area contributed by atoms with Gasteiger partial charge in [-0.1, -0.05) is 60.7 Å². The molecule has 1 aromatic heterocycles. The van der Waals surface area contributed by atoms with E-state index < -0.39 is 0 Å². The zero-order valence-corrected chi connectivity index (χ0v) is 14.5. The molecule has 0 aliphatic heterocycles. The van der Waals surface area contributed by atoms with Crippen LogP contribution in [0.25, 0.3) is 10.4 Å². The van der Waals surface area contributed by atoms with Gasteiger partial charge in [-0.3, -0.25) is 0 Å². The van der Waals surface area contributed by atoms with Crippen molar-refractivity contribution in [2.75, 3.05) is 11.5 Å². The van der Waals surface area contributed by atoms with Crippen LogP contribution in [0.2, 0.25) is 0 Å². The van der Waals surface area contributed by atoms with E-state index in [1.165, 1.54) is 10.4 Å². The summed E-state index contributed by atoms with van der Waals surface area (Å²) in [7, 11) is 0. The number of nitrogen functional groups attached to an aromatic ring is 2. The molecule has 2 aromatic carbocycles. The Morgan fingerprint density at radius 2 is 1.67 bits per heavy atom. The number of nitrogens with two attached hydrogens (primary N) is 2. The van der Waals surface area contributed by atoms with Gasteiger partial charge in [0, 0.05) is 11.6 Å². The summed E-state index contributed by atoms with van der Waals surface area (Å²) in [4.78, 5) is 5.84. The van der Waals surface area contributed by atoms with Gasteiger partial charge in [0.2, 0.25) is 0 Å². The Bertz CT molecular complexity index is 846. The first kappa shape index (κ1) is 15.2. The number of thiazole rings is 1. The van der Waals surface area contributed by atoms with Crippen molar-refractivity contribution in [2.24, 2.45) is 0 Å².